The summed E-state index contributed by atoms with van der Waals surface area (Å²) in [6.45, 7) is 4.88. The minimum absolute atomic E-state index is 0.251. The Morgan fingerprint density at radius 3 is 2.94 bits per heavy atom. The second-order valence-corrected chi connectivity index (χ2v) is 4.36. The number of nitrogens with zero attached hydrogens (tertiary/aromatic N) is 2. The summed E-state index contributed by atoms with van der Waals surface area (Å²) in [5.74, 6) is 0.810. The van der Waals surface area contributed by atoms with Gasteiger partial charge in [-0.15, -0.1) is 0 Å². The highest BCUT2D eigenvalue weighted by molar-refractivity contribution is 5.49. The van der Waals surface area contributed by atoms with E-state index in [0.29, 0.717) is 13.2 Å². The summed E-state index contributed by atoms with van der Waals surface area (Å²) in [7, 11) is 0. The van der Waals surface area contributed by atoms with Gasteiger partial charge in [0.15, 0.2) is 0 Å². The fraction of sp³-hybridized carbons (Fsp3) is 0.636. The molecule has 0 bridgehead atoms. The molecule has 0 aromatic carbocycles. The molecule has 6 heteroatoms. The van der Waals surface area contributed by atoms with Crippen LogP contribution in [0.3, 0.4) is 0 Å². The zero-order valence-electron chi connectivity index (χ0n) is 9.66. The topological polar surface area (TPSA) is 70.2 Å². The Labute approximate surface area is 99.0 Å². The molecule has 3 rings (SSSR count). The van der Waals surface area contributed by atoms with Gasteiger partial charge in [-0.25, -0.2) is 4.79 Å². The fourth-order valence-corrected chi connectivity index (χ4v) is 2.38. The highest BCUT2D eigenvalue weighted by atomic mass is 16.5. The quantitative estimate of drug-likeness (QED) is 0.671. The van der Waals surface area contributed by atoms with Gasteiger partial charge in [0.25, 0.3) is 0 Å². The van der Waals surface area contributed by atoms with Crippen LogP contribution in [0.2, 0.25) is 0 Å². The molecule has 1 aromatic rings. The van der Waals surface area contributed by atoms with E-state index >= 15 is 0 Å². The number of rotatable bonds is 1. The molecule has 2 aliphatic rings. The van der Waals surface area contributed by atoms with Crippen molar-refractivity contribution in [3.63, 3.8) is 0 Å². The van der Waals surface area contributed by atoms with E-state index in [-0.39, 0.29) is 5.69 Å². The average molecular weight is 236 g/mol. The molecule has 1 saturated heterocycles. The number of nitrogens with one attached hydrogen (secondary N) is 2. The number of piperazine rings is 1. The van der Waals surface area contributed by atoms with Crippen LogP contribution in [-0.4, -0.2) is 42.8 Å². The van der Waals surface area contributed by atoms with Crippen molar-refractivity contribution in [1.29, 1.82) is 0 Å². The van der Waals surface area contributed by atoms with E-state index in [0.717, 1.165) is 49.7 Å². The molecule has 1 fully saturated rings. The Bertz CT molecular complexity index is 465. The third-order valence-electron chi connectivity index (χ3n) is 3.26. The number of hydrogen-bond donors (Lipinski definition) is 2. The minimum Gasteiger partial charge on any atom is -0.376 e. The Kier molecular flexibility index (Phi) is 2.82. The number of aromatic amines is 1. The van der Waals surface area contributed by atoms with E-state index in [1.165, 1.54) is 0 Å². The monoisotopic (exact) mass is 236 g/mol. The van der Waals surface area contributed by atoms with Gasteiger partial charge in [0.05, 0.1) is 13.2 Å². The van der Waals surface area contributed by atoms with E-state index in [1.54, 1.807) is 0 Å². The molecule has 92 valence electrons. The normalized spacial score (nSPS) is 20.1. The first-order valence-corrected chi connectivity index (χ1v) is 6.00. The molecule has 0 amide bonds. The second-order valence-electron chi connectivity index (χ2n) is 4.36. The highest BCUT2D eigenvalue weighted by Gasteiger charge is 2.21. The number of anilines is 1. The molecule has 6 nitrogen and oxygen atoms in total. The van der Waals surface area contributed by atoms with Gasteiger partial charge in [-0.3, -0.25) is 0 Å². The third-order valence-corrected chi connectivity index (χ3v) is 3.26. The van der Waals surface area contributed by atoms with E-state index < -0.39 is 0 Å². The van der Waals surface area contributed by atoms with Crippen molar-refractivity contribution in [1.82, 2.24) is 15.3 Å². The maximum atomic E-state index is 11.6. The van der Waals surface area contributed by atoms with Gasteiger partial charge in [-0.05, 0) is 0 Å². The van der Waals surface area contributed by atoms with Gasteiger partial charge in [-0.1, -0.05) is 0 Å². The largest absolute Gasteiger partial charge is 0.376 e. The van der Waals surface area contributed by atoms with Crippen molar-refractivity contribution in [3.8, 4) is 0 Å². The standard InChI is InChI=1S/C11H16N4O2/c16-11-13-9-1-6-17-7-8(9)10(14-11)15-4-2-12-3-5-15/h12H,1-7H2,(H,13,14,16). The maximum absolute atomic E-state index is 11.6. The second kappa shape index (κ2) is 4.46. The summed E-state index contributed by atoms with van der Waals surface area (Å²) >= 11 is 0. The first-order valence-electron chi connectivity index (χ1n) is 6.00. The molecule has 17 heavy (non-hydrogen) atoms. The Morgan fingerprint density at radius 1 is 1.29 bits per heavy atom. The van der Waals surface area contributed by atoms with E-state index in [2.05, 4.69) is 20.2 Å². The molecular weight excluding hydrogens is 220 g/mol. The van der Waals surface area contributed by atoms with E-state index in [4.69, 9.17) is 4.74 Å². The van der Waals surface area contributed by atoms with Crippen molar-refractivity contribution in [3.05, 3.63) is 21.7 Å². The number of hydrogen-bond acceptors (Lipinski definition) is 5. The summed E-state index contributed by atoms with van der Waals surface area (Å²) in [5, 5.41) is 3.29. The van der Waals surface area contributed by atoms with Crippen LogP contribution in [0.4, 0.5) is 5.82 Å². The number of aromatic nitrogens is 2. The lowest BCUT2D eigenvalue weighted by molar-refractivity contribution is 0.109. The van der Waals surface area contributed by atoms with E-state index in [9.17, 15) is 4.79 Å². The first-order chi connectivity index (χ1) is 8.34. The number of fused-ring (bicyclic) bond motifs is 1. The van der Waals surface area contributed by atoms with Crippen LogP contribution in [0, 0.1) is 0 Å². The summed E-state index contributed by atoms with van der Waals surface area (Å²) in [4.78, 5) is 20.7. The zero-order valence-corrected chi connectivity index (χ0v) is 9.66. The molecule has 2 N–H and O–H groups in total. The van der Waals surface area contributed by atoms with Gasteiger partial charge >= 0.3 is 5.69 Å². The van der Waals surface area contributed by atoms with Gasteiger partial charge in [0, 0.05) is 43.9 Å². The van der Waals surface area contributed by atoms with Crippen LogP contribution in [0.25, 0.3) is 0 Å². The zero-order chi connectivity index (χ0) is 11.7. The predicted octanol–water partition coefficient (Wildman–Crippen LogP) is -0.748. The Morgan fingerprint density at radius 2 is 2.12 bits per heavy atom. The van der Waals surface area contributed by atoms with Crippen molar-refractivity contribution in [2.45, 2.75) is 13.0 Å². The first kappa shape index (κ1) is 10.7. The van der Waals surface area contributed by atoms with Gasteiger partial charge in [0.2, 0.25) is 0 Å². The summed E-state index contributed by atoms with van der Waals surface area (Å²) in [5.41, 5.74) is 1.79. The smallest absolute Gasteiger partial charge is 0.347 e. The summed E-state index contributed by atoms with van der Waals surface area (Å²) in [6, 6.07) is 0. The fourth-order valence-electron chi connectivity index (χ4n) is 2.38. The molecule has 0 atom stereocenters. The van der Waals surface area contributed by atoms with Crippen LogP contribution >= 0.6 is 0 Å². The molecule has 3 heterocycles. The lowest BCUT2D eigenvalue weighted by Crippen LogP contribution is -2.45. The predicted molar refractivity (Wildman–Crippen MR) is 63.3 cm³/mol. The molecule has 0 aliphatic carbocycles. The summed E-state index contributed by atoms with van der Waals surface area (Å²) in [6.07, 6.45) is 0.770. The lowest BCUT2D eigenvalue weighted by atomic mass is 10.1. The summed E-state index contributed by atoms with van der Waals surface area (Å²) < 4.78 is 5.46. The van der Waals surface area contributed by atoms with Crippen LogP contribution in [0.1, 0.15) is 11.3 Å². The van der Waals surface area contributed by atoms with Crippen LogP contribution < -0.4 is 15.9 Å². The highest BCUT2D eigenvalue weighted by Crippen LogP contribution is 2.23. The SMILES string of the molecule is O=c1nc(N2CCNCC2)c2c([nH]1)CCOC2. The van der Waals surface area contributed by atoms with Crippen molar-refractivity contribution in [2.24, 2.45) is 0 Å². The molecule has 0 saturated carbocycles. The van der Waals surface area contributed by atoms with Crippen molar-refractivity contribution in [2.75, 3.05) is 37.7 Å². The van der Waals surface area contributed by atoms with Crippen molar-refractivity contribution < 1.29 is 4.74 Å². The lowest BCUT2D eigenvalue weighted by Gasteiger charge is -2.31. The van der Waals surface area contributed by atoms with Gasteiger partial charge < -0.3 is 19.9 Å². The molecule has 2 aliphatic heterocycles. The molecular formula is C11H16N4O2. The van der Waals surface area contributed by atoms with Crippen LogP contribution in [0.15, 0.2) is 4.79 Å². The average Bonchev–Trinajstić information content (AvgIpc) is 2.39. The number of ether oxygens (including phenoxy) is 1. The Balaban J connectivity index is 2.01. The van der Waals surface area contributed by atoms with Gasteiger partial charge in [-0.2, -0.15) is 4.98 Å². The molecule has 1 aromatic heterocycles. The number of H-pyrrole nitrogens is 1. The Hall–Kier alpha value is -1.40. The van der Waals surface area contributed by atoms with E-state index in [1.807, 2.05) is 0 Å². The molecule has 0 radical (unpaired) electrons. The minimum atomic E-state index is -0.251. The molecule has 0 unspecified atom stereocenters. The van der Waals surface area contributed by atoms with Crippen LogP contribution in [-0.2, 0) is 17.8 Å². The van der Waals surface area contributed by atoms with Crippen molar-refractivity contribution >= 4 is 5.82 Å². The van der Waals surface area contributed by atoms with Crippen LogP contribution in [0.5, 0.6) is 0 Å². The molecule has 0 spiro atoms. The third kappa shape index (κ3) is 2.05. The van der Waals surface area contributed by atoms with Gasteiger partial charge in [0.1, 0.15) is 5.82 Å². The maximum Gasteiger partial charge on any atom is 0.347 e.